The molecule has 2 aliphatic rings. The predicted octanol–water partition coefficient (Wildman–Crippen LogP) is 4.22. The maximum Gasteiger partial charge on any atom is 0.354 e. The molecule has 160 valence electrons. The zero-order chi connectivity index (χ0) is 21.5. The van der Waals surface area contributed by atoms with Gasteiger partial charge in [0, 0.05) is 11.7 Å². The number of nitrogens with one attached hydrogen (secondary N) is 1. The fourth-order valence-corrected chi connectivity index (χ4v) is 5.44. The number of anilines is 1. The largest absolute Gasteiger partial charge is 0.354 e. The minimum Gasteiger partial charge on any atom is -0.305 e. The third kappa shape index (κ3) is 4.02. The molecule has 4 rings (SSSR count). The lowest BCUT2D eigenvalue weighted by atomic mass is 9.99. The monoisotopic (exact) mass is 426 g/mol. The fraction of sp³-hybridized carbons (Fsp3) is 0.435. The first-order chi connectivity index (χ1) is 14.3. The number of fused-ring (bicyclic) bond motifs is 2. The Hall–Kier alpha value is -2.22. The van der Waals surface area contributed by atoms with Crippen LogP contribution in [0.15, 0.2) is 39.6 Å². The van der Waals surface area contributed by atoms with Crippen LogP contribution in [0.4, 0.5) is 10.5 Å². The molecule has 2 aromatic carbocycles. The number of carbonyl (C=O) groups excluding carboxylic acids is 1. The maximum atomic E-state index is 13.0. The Balaban J connectivity index is 1.60. The fourth-order valence-electron chi connectivity index (χ4n) is 4.51. The standard InChI is InChI=1S/C23H30N4O2S/c1-15(27(2)3)16-10-12-19(13-11-16)30(24,29)26-23(28)25-22-20-8-4-6-17(20)14-18-7-5-9-21(18)22/h10-15H,4-9H2,1-3H3,(H3,24,25,26,28,29)/t15?,30-/m1/s1. The second kappa shape index (κ2) is 8.13. The van der Waals surface area contributed by atoms with Crippen molar-refractivity contribution in [3.63, 3.8) is 0 Å². The molecule has 0 heterocycles. The number of urea groups is 1. The molecule has 0 radical (unpaired) electrons. The van der Waals surface area contributed by atoms with Gasteiger partial charge >= 0.3 is 6.03 Å². The molecule has 0 saturated carbocycles. The minimum absolute atomic E-state index is 0.218. The van der Waals surface area contributed by atoms with Crippen molar-refractivity contribution < 1.29 is 9.00 Å². The van der Waals surface area contributed by atoms with Crippen LogP contribution in [-0.4, -0.2) is 29.2 Å². The van der Waals surface area contributed by atoms with E-state index in [0.717, 1.165) is 49.8 Å². The zero-order valence-electron chi connectivity index (χ0n) is 17.9. The highest BCUT2D eigenvalue weighted by Gasteiger charge is 2.25. The molecule has 0 aliphatic heterocycles. The highest BCUT2D eigenvalue weighted by atomic mass is 32.2. The highest BCUT2D eigenvalue weighted by Crippen LogP contribution is 2.38. The molecule has 6 nitrogen and oxygen atoms in total. The van der Waals surface area contributed by atoms with E-state index in [1.165, 1.54) is 22.3 Å². The second-order valence-corrected chi connectivity index (χ2v) is 10.3. The molecule has 2 amide bonds. The molecule has 0 spiro atoms. The smallest absolute Gasteiger partial charge is 0.305 e. The first-order valence-corrected chi connectivity index (χ1v) is 12.1. The third-order valence-electron chi connectivity index (χ3n) is 6.40. The zero-order valence-corrected chi connectivity index (χ0v) is 18.7. The van der Waals surface area contributed by atoms with Crippen LogP contribution in [0.3, 0.4) is 0 Å². The topological polar surface area (TPSA) is 87.8 Å². The number of hydrogen-bond donors (Lipinski definition) is 2. The van der Waals surface area contributed by atoms with E-state index in [1.807, 2.05) is 26.2 Å². The van der Waals surface area contributed by atoms with Crippen LogP contribution >= 0.6 is 0 Å². The number of rotatable bonds is 4. The lowest BCUT2D eigenvalue weighted by molar-refractivity contribution is 0.260. The Morgan fingerprint density at radius 3 is 2.17 bits per heavy atom. The van der Waals surface area contributed by atoms with Gasteiger partial charge < -0.3 is 10.2 Å². The van der Waals surface area contributed by atoms with Gasteiger partial charge in [-0.25, -0.2) is 14.1 Å². The summed E-state index contributed by atoms with van der Waals surface area (Å²) >= 11 is 0. The molecule has 0 saturated heterocycles. The Labute approximate surface area is 179 Å². The number of carbonyl (C=O) groups is 1. The number of hydrogen-bond acceptors (Lipinski definition) is 3. The lowest BCUT2D eigenvalue weighted by Gasteiger charge is -2.20. The molecule has 3 N–H and O–H groups in total. The summed E-state index contributed by atoms with van der Waals surface area (Å²) in [5, 5.41) is 8.94. The van der Waals surface area contributed by atoms with E-state index < -0.39 is 15.9 Å². The summed E-state index contributed by atoms with van der Waals surface area (Å²) in [6.07, 6.45) is 6.22. The number of benzene rings is 2. The van der Waals surface area contributed by atoms with E-state index >= 15 is 0 Å². The van der Waals surface area contributed by atoms with Gasteiger partial charge in [-0.3, -0.25) is 0 Å². The molecule has 0 fully saturated rings. The summed E-state index contributed by atoms with van der Waals surface area (Å²) < 4.78 is 16.9. The molecular weight excluding hydrogens is 396 g/mol. The van der Waals surface area contributed by atoms with Gasteiger partial charge in [0.15, 0.2) is 0 Å². The van der Waals surface area contributed by atoms with Gasteiger partial charge in [-0.1, -0.05) is 18.2 Å². The molecule has 2 aliphatic carbocycles. The van der Waals surface area contributed by atoms with E-state index in [0.29, 0.717) is 4.90 Å². The van der Waals surface area contributed by atoms with Crippen LogP contribution in [0.1, 0.15) is 53.6 Å². The number of nitrogens with zero attached hydrogens (tertiary/aromatic N) is 2. The van der Waals surface area contributed by atoms with Crippen molar-refractivity contribution in [2.45, 2.75) is 56.4 Å². The molecule has 0 aromatic heterocycles. The molecule has 7 heteroatoms. The van der Waals surface area contributed by atoms with Crippen molar-refractivity contribution in [3.8, 4) is 0 Å². The SMILES string of the molecule is CC(c1ccc([S@](N)(=O)=NC(=O)Nc2c3c(cc4c2CCC4)CCC3)cc1)N(C)C. The van der Waals surface area contributed by atoms with Crippen molar-refractivity contribution in [3.05, 3.63) is 58.1 Å². The Bertz CT molecular complexity index is 1070. The summed E-state index contributed by atoms with van der Waals surface area (Å²) in [6.45, 7) is 2.09. The summed E-state index contributed by atoms with van der Waals surface area (Å²) in [5.41, 5.74) is 7.04. The van der Waals surface area contributed by atoms with Crippen LogP contribution < -0.4 is 10.5 Å². The first kappa shape index (κ1) is 21.0. The highest BCUT2D eigenvalue weighted by molar-refractivity contribution is 7.91. The van der Waals surface area contributed by atoms with Crippen LogP contribution in [-0.2, 0) is 35.6 Å². The average molecular weight is 427 g/mol. The van der Waals surface area contributed by atoms with E-state index in [1.54, 1.807) is 12.1 Å². The first-order valence-electron chi connectivity index (χ1n) is 10.5. The van der Waals surface area contributed by atoms with Gasteiger partial charge in [-0.15, -0.1) is 4.36 Å². The van der Waals surface area contributed by atoms with Crippen molar-refractivity contribution in [1.82, 2.24) is 4.90 Å². The van der Waals surface area contributed by atoms with E-state index in [4.69, 9.17) is 5.14 Å². The number of amides is 2. The minimum atomic E-state index is -3.32. The molecule has 2 atom stereocenters. The number of nitrogens with two attached hydrogens (primary N) is 1. The van der Waals surface area contributed by atoms with Crippen LogP contribution in [0.2, 0.25) is 0 Å². The Morgan fingerprint density at radius 2 is 1.63 bits per heavy atom. The van der Waals surface area contributed by atoms with Crippen molar-refractivity contribution in [2.24, 2.45) is 9.50 Å². The lowest BCUT2D eigenvalue weighted by Crippen LogP contribution is -2.19. The Kier molecular flexibility index (Phi) is 5.70. The molecular formula is C23H30N4O2S. The van der Waals surface area contributed by atoms with Crippen molar-refractivity contribution in [2.75, 3.05) is 19.4 Å². The normalized spacial score (nSPS) is 17.9. The van der Waals surface area contributed by atoms with Gasteiger partial charge in [0.1, 0.15) is 9.92 Å². The number of aryl methyl sites for hydroxylation is 2. The van der Waals surface area contributed by atoms with Gasteiger partial charge in [0.05, 0.1) is 4.90 Å². The van der Waals surface area contributed by atoms with E-state index in [9.17, 15) is 9.00 Å². The molecule has 2 aromatic rings. The predicted molar refractivity (Wildman–Crippen MR) is 121 cm³/mol. The molecule has 30 heavy (non-hydrogen) atoms. The van der Waals surface area contributed by atoms with Crippen LogP contribution in [0.5, 0.6) is 0 Å². The maximum absolute atomic E-state index is 13.0. The van der Waals surface area contributed by atoms with Gasteiger partial charge in [-0.2, -0.15) is 0 Å². The summed E-state index contributed by atoms with van der Waals surface area (Å²) in [5.74, 6) is 0. The average Bonchev–Trinajstić information content (AvgIpc) is 3.36. The van der Waals surface area contributed by atoms with Crippen molar-refractivity contribution in [1.29, 1.82) is 0 Å². The molecule has 0 bridgehead atoms. The van der Waals surface area contributed by atoms with E-state index in [-0.39, 0.29) is 6.04 Å². The van der Waals surface area contributed by atoms with Gasteiger partial charge in [0.25, 0.3) is 0 Å². The third-order valence-corrected chi connectivity index (χ3v) is 7.78. The molecule has 1 unspecified atom stereocenters. The Morgan fingerprint density at radius 1 is 1.07 bits per heavy atom. The van der Waals surface area contributed by atoms with Gasteiger partial charge in [0.2, 0.25) is 0 Å². The quantitative estimate of drug-likeness (QED) is 0.767. The summed E-state index contributed by atoms with van der Waals surface area (Å²) in [4.78, 5) is 15.2. The van der Waals surface area contributed by atoms with Crippen LogP contribution in [0.25, 0.3) is 0 Å². The summed E-state index contributed by atoms with van der Waals surface area (Å²) in [6, 6.07) is 9.06. The van der Waals surface area contributed by atoms with Crippen molar-refractivity contribution >= 4 is 21.6 Å². The summed E-state index contributed by atoms with van der Waals surface area (Å²) in [7, 11) is 0.682. The van der Waals surface area contributed by atoms with Crippen LogP contribution in [0, 0.1) is 0 Å². The van der Waals surface area contributed by atoms with E-state index in [2.05, 4.69) is 27.6 Å². The second-order valence-electron chi connectivity index (χ2n) is 8.53. The van der Waals surface area contributed by atoms with Gasteiger partial charge in [-0.05, 0) is 99.5 Å².